The average molecular weight is 178 g/mol. The van der Waals surface area contributed by atoms with Crippen LogP contribution in [0.15, 0.2) is 36.4 Å². The van der Waals surface area contributed by atoms with Crippen LogP contribution in [-0.4, -0.2) is 18.3 Å². The van der Waals surface area contributed by atoms with Crippen molar-refractivity contribution < 1.29 is 9.84 Å². The molecule has 70 valence electrons. The molecule has 1 N–H and O–H groups in total. The molecule has 0 aliphatic heterocycles. The zero-order chi connectivity index (χ0) is 9.52. The molecule has 0 aliphatic rings. The molecule has 1 aromatic carbocycles. The summed E-state index contributed by atoms with van der Waals surface area (Å²) in [6, 6.07) is 9.84. The van der Waals surface area contributed by atoms with Crippen LogP contribution in [0.3, 0.4) is 0 Å². The second-order valence-corrected chi connectivity index (χ2v) is 2.59. The smallest absolute Gasteiger partial charge is 0.122 e. The van der Waals surface area contributed by atoms with E-state index in [-0.39, 0.29) is 6.61 Å². The number of rotatable bonds is 4. The Labute approximate surface area is 78.5 Å². The number of benzene rings is 1. The Morgan fingerprint density at radius 3 is 2.62 bits per heavy atom. The van der Waals surface area contributed by atoms with Crippen LogP contribution in [-0.2, 0) is 4.74 Å². The van der Waals surface area contributed by atoms with Gasteiger partial charge in [0.2, 0.25) is 0 Å². The number of ether oxygens (including phenoxy) is 1. The van der Waals surface area contributed by atoms with Crippen molar-refractivity contribution in [2.24, 2.45) is 0 Å². The molecular weight excluding hydrogens is 164 g/mol. The van der Waals surface area contributed by atoms with Crippen molar-refractivity contribution in [3.63, 3.8) is 0 Å². The van der Waals surface area contributed by atoms with Crippen LogP contribution in [0.25, 0.3) is 5.76 Å². The topological polar surface area (TPSA) is 29.5 Å². The molecule has 2 heteroatoms. The first-order valence-corrected chi connectivity index (χ1v) is 4.34. The van der Waals surface area contributed by atoms with Gasteiger partial charge in [-0.15, -0.1) is 0 Å². The van der Waals surface area contributed by atoms with E-state index in [0.29, 0.717) is 6.61 Å². The number of allylic oxidation sites excluding steroid dienone is 1. The quantitative estimate of drug-likeness (QED) is 0.715. The van der Waals surface area contributed by atoms with E-state index in [1.165, 1.54) is 0 Å². The van der Waals surface area contributed by atoms with Gasteiger partial charge in [-0.25, -0.2) is 0 Å². The zero-order valence-corrected chi connectivity index (χ0v) is 7.73. The minimum absolute atomic E-state index is 0.0458. The van der Waals surface area contributed by atoms with Crippen LogP contribution in [0, 0.1) is 0 Å². The van der Waals surface area contributed by atoms with Gasteiger partial charge in [0, 0.05) is 5.56 Å². The molecule has 0 radical (unpaired) electrons. The van der Waals surface area contributed by atoms with E-state index in [1.807, 2.05) is 43.3 Å². The molecule has 0 atom stereocenters. The summed E-state index contributed by atoms with van der Waals surface area (Å²) in [5.74, 6) is 0.814. The average Bonchev–Trinajstić information content (AvgIpc) is 2.21. The van der Waals surface area contributed by atoms with Gasteiger partial charge in [0.15, 0.2) is 0 Å². The summed E-state index contributed by atoms with van der Waals surface area (Å²) in [7, 11) is 0. The monoisotopic (exact) mass is 178 g/mol. The second-order valence-electron chi connectivity index (χ2n) is 2.59. The van der Waals surface area contributed by atoms with E-state index < -0.39 is 0 Å². The Kier molecular flexibility index (Phi) is 4.06. The Hall–Kier alpha value is -1.28. The van der Waals surface area contributed by atoms with Crippen molar-refractivity contribution in [2.45, 2.75) is 6.92 Å². The van der Waals surface area contributed by atoms with Crippen LogP contribution in [0.1, 0.15) is 12.5 Å². The largest absolute Gasteiger partial charge is 0.491 e. The van der Waals surface area contributed by atoms with Gasteiger partial charge in [-0.3, -0.25) is 0 Å². The first kappa shape index (κ1) is 9.81. The number of hydrogen-bond acceptors (Lipinski definition) is 2. The summed E-state index contributed by atoms with van der Waals surface area (Å²) in [4.78, 5) is 0. The highest BCUT2D eigenvalue weighted by Gasteiger charge is 1.98. The minimum Gasteiger partial charge on any atom is -0.491 e. The summed E-state index contributed by atoms with van der Waals surface area (Å²) < 4.78 is 5.34. The lowest BCUT2D eigenvalue weighted by Crippen LogP contribution is -1.98. The minimum atomic E-state index is 0.0458. The van der Waals surface area contributed by atoms with Crippen molar-refractivity contribution in [3.05, 3.63) is 42.0 Å². The number of aliphatic hydroxyl groups is 1. The molecule has 0 bridgehead atoms. The number of aliphatic hydroxyl groups excluding tert-OH is 1. The van der Waals surface area contributed by atoms with Gasteiger partial charge in [-0.1, -0.05) is 30.3 Å². The fraction of sp³-hybridized carbons (Fsp3) is 0.273. The van der Waals surface area contributed by atoms with Gasteiger partial charge in [0.25, 0.3) is 0 Å². The van der Waals surface area contributed by atoms with E-state index in [1.54, 1.807) is 0 Å². The second kappa shape index (κ2) is 5.38. The highest BCUT2D eigenvalue weighted by Crippen LogP contribution is 2.14. The van der Waals surface area contributed by atoms with E-state index >= 15 is 0 Å². The SMILES string of the molecule is C/C=C(\OCCO)c1ccccc1. The molecule has 2 nitrogen and oxygen atoms in total. The highest BCUT2D eigenvalue weighted by molar-refractivity contribution is 5.59. The Morgan fingerprint density at radius 2 is 2.08 bits per heavy atom. The third kappa shape index (κ3) is 2.92. The third-order valence-electron chi connectivity index (χ3n) is 1.67. The molecular formula is C11H14O2. The van der Waals surface area contributed by atoms with Crippen LogP contribution in [0.4, 0.5) is 0 Å². The molecule has 0 unspecified atom stereocenters. The van der Waals surface area contributed by atoms with Gasteiger partial charge in [-0.05, 0) is 13.0 Å². The van der Waals surface area contributed by atoms with Crippen LogP contribution >= 0.6 is 0 Å². The summed E-state index contributed by atoms with van der Waals surface area (Å²) in [6.07, 6.45) is 1.89. The molecule has 13 heavy (non-hydrogen) atoms. The van der Waals surface area contributed by atoms with Crippen molar-refractivity contribution in [1.29, 1.82) is 0 Å². The molecule has 1 rings (SSSR count). The molecule has 0 saturated heterocycles. The first-order valence-electron chi connectivity index (χ1n) is 4.34. The highest BCUT2D eigenvalue weighted by atomic mass is 16.5. The van der Waals surface area contributed by atoms with Gasteiger partial charge in [0.05, 0.1) is 6.61 Å². The van der Waals surface area contributed by atoms with E-state index in [9.17, 15) is 0 Å². The zero-order valence-electron chi connectivity index (χ0n) is 7.73. The maximum Gasteiger partial charge on any atom is 0.122 e. The van der Waals surface area contributed by atoms with Gasteiger partial charge < -0.3 is 9.84 Å². The summed E-state index contributed by atoms with van der Waals surface area (Å²) in [6.45, 7) is 2.30. The van der Waals surface area contributed by atoms with E-state index in [4.69, 9.17) is 9.84 Å². The van der Waals surface area contributed by atoms with Crippen LogP contribution in [0.5, 0.6) is 0 Å². The Morgan fingerprint density at radius 1 is 1.38 bits per heavy atom. The molecule has 0 spiro atoms. The Bertz CT molecular complexity index is 265. The normalized spacial score (nSPS) is 11.4. The number of hydrogen-bond donors (Lipinski definition) is 1. The predicted octanol–water partition coefficient (Wildman–Crippen LogP) is 2.06. The molecule has 1 aromatic rings. The lowest BCUT2D eigenvalue weighted by molar-refractivity contribution is 0.180. The standard InChI is InChI=1S/C11H14O2/c1-2-11(13-9-8-12)10-6-4-3-5-7-10/h2-7,12H,8-9H2,1H3/b11-2-. The third-order valence-corrected chi connectivity index (χ3v) is 1.67. The van der Waals surface area contributed by atoms with Crippen LogP contribution in [0.2, 0.25) is 0 Å². The molecule has 0 fully saturated rings. The van der Waals surface area contributed by atoms with Gasteiger partial charge in [-0.2, -0.15) is 0 Å². The maximum absolute atomic E-state index is 8.61. The van der Waals surface area contributed by atoms with Crippen molar-refractivity contribution >= 4 is 5.76 Å². The fourth-order valence-corrected chi connectivity index (χ4v) is 1.09. The molecule has 0 aromatic heterocycles. The predicted molar refractivity (Wildman–Crippen MR) is 53.1 cm³/mol. The lowest BCUT2D eigenvalue weighted by atomic mass is 10.2. The molecule has 0 saturated carbocycles. The van der Waals surface area contributed by atoms with Gasteiger partial charge in [0.1, 0.15) is 12.4 Å². The van der Waals surface area contributed by atoms with Gasteiger partial charge >= 0.3 is 0 Å². The maximum atomic E-state index is 8.61. The van der Waals surface area contributed by atoms with E-state index in [2.05, 4.69) is 0 Å². The summed E-state index contributed by atoms with van der Waals surface area (Å²) in [5, 5.41) is 8.61. The molecule has 0 aliphatic carbocycles. The Balaban J connectivity index is 2.69. The molecule has 0 heterocycles. The van der Waals surface area contributed by atoms with Crippen molar-refractivity contribution in [3.8, 4) is 0 Å². The van der Waals surface area contributed by atoms with Crippen molar-refractivity contribution in [2.75, 3.05) is 13.2 Å². The van der Waals surface area contributed by atoms with Crippen molar-refractivity contribution in [1.82, 2.24) is 0 Å². The van der Waals surface area contributed by atoms with E-state index in [0.717, 1.165) is 11.3 Å². The molecule has 0 amide bonds. The first-order chi connectivity index (χ1) is 6.38. The summed E-state index contributed by atoms with van der Waals surface area (Å²) >= 11 is 0. The fourth-order valence-electron chi connectivity index (χ4n) is 1.09. The lowest BCUT2D eigenvalue weighted by Gasteiger charge is -2.08. The van der Waals surface area contributed by atoms with Crippen LogP contribution < -0.4 is 0 Å². The summed E-state index contributed by atoms with van der Waals surface area (Å²) in [5.41, 5.74) is 1.04.